The summed E-state index contributed by atoms with van der Waals surface area (Å²) in [6, 6.07) is 20.3. The molecule has 0 atom stereocenters. The Morgan fingerprint density at radius 2 is 1.02 bits per heavy atom. The van der Waals surface area contributed by atoms with Crippen molar-refractivity contribution >= 4 is 5.97 Å². The molecule has 0 amide bonds. The number of esters is 1. The average Bonchev–Trinajstić information content (AvgIpc) is 4.20. The molecule has 3 aromatic carbocycles. The second-order valence-electron chi connectivity index (χ2n) is 16.7. The van der Waals surface area contributed by atoms with Gasteiger partial charge in [-0.2, -0.15) is 0 Å². The lowest BCUT2D eigenvalue weighted by molar-refractivity contribution is -0.145. The highest BCUT2D eigenvalue weighted by Crippen LogP contribution is 2.55. The molecule has 1 aliphatic carbocycles. The van der Waals surface area contributed by atoms with Gasteiger partial charge in [0, 0.05) is 35.4 Å². The van der Waals surface area contributed by atoms with Crippen molar-refractivity contribution in [2.75, 3.05) is 6.61 Å². The molecule has 0 saturated carbocycles. The number of nitrogens with zero attached hydrogens (tertiary/aromatic N) is 8. The number of aromatic nitrogens is 8. The third-order valence-corrected chi connectivity index (χ3v) is 12.0. The molecular weight excluding hydrogens is 837 g/mol. The molecule has 15 nitrogen and oxygen atoms in total. The van der Waals surface area contributed by atoms with Gasteiger partial charge < -0.3 is 27.1 Å². The highest BCUT2D eigenvalue weighted by Gasteiger charge is 2.42. The average molecular weight is 893 g/mol. The minimum absolute atomic E-state index is 0.138. The SMILES string of the molecule is C=CC(C=C)OC(=O)CCCCCCCCCCCOc1ccc(-c2nnc(-c3nnc(-c4ccc5c(c4)C(CCC)(CCC)c4cc(-c6nnc(-c7nnc(C)o7)o6)ccc4-5)o3)o2)cc1. The summed E-state index contributed by atoms with van der Waals surface area (Å²) >= 11 is 0. The number of benzene rings is 3. The van der Waals surface area contributed by atoms with Gasteiger partial charge >= 0.3 is 29.5 Å². The molecule has 1 aliphatic rings. The fourth-order valence-corrected chi connectivity index (χ4v) is 8.84. The van der Waals surface area contributed by atoms with Crippen molar-refractivity contribution in [1.82, 2.24) is 40.8 Å². The van der Waals surface area contributed by atoms with Gasteiger partial charge in [0.2, 0.25) is 23.6 Å². The summed E-state index contributed by atoms with van der Waals surface area (Å²) in [6.45, 7) is 14.1. The molecule has 0 radical (unpaired) electrons. The van der Waals surface area contributed by atoms with E-state index in [0.29, 0.717) is 36.6 Å². The number of fused-ring (bicyclic) bond motifs is 3. The van der Waals surface area contributed by atoms with Crippen LogP contribution in [-0.4, -0.2) is 59.5 Å². The van der Waals surface area contributed by atoms with Crippen LogP contribution < -0.4 is 4.74 Å². The summed E-state index contributed by atoms with van der Waals surface area (Å²) in [4.78, 5) is 11.9. The highest BCUT2D eigenvalue weighted by atomic mass is 16.5. The first kappa shape index (κ1) is 45.5. The van der Waals surface area contributed by atoms with E-state index < -0.39 is 6.10 Å². The van der Waals surface area contributed by atoms with Gasteiger partial charge in [0.15, 0.2) is 0 Å². The number of aryl methyl sites for hydroxylation is 1. The molecule has 0 unspecified atom stereocenters. The number of hydrogen-bond acceptors (Lipinski definition) is 15. The second kappa shape index (κ2) is 21.3. The zero-order valence-electron chi connectivity index (χ0n) is 38.0. The summed E-state index contributed by atoms with van der Waals surface area (Å²) in [5.41, 5.74) is 6.89. The van der Waals surface area contributed by atoms with E-state index >= 15 is 0 Å². The Kier molecular flexibility index (Phi) is 14.7. The first-order chi connectivity index (χ1) is 32.3. The van der Waals surface area contributed by atoms with Crippen LogP contribution in [0.15, 0.2) is 104 Å². The van der Waals surface area contributed by atoms with Crippen LogP contribution in [0.5, 0.6) is 5.75 Å². The van der Waals surface area contributed by atoms with E-state index in [1.165, 1.54) is 47.9 Å². The number of ether oxygens (including phenoxy) is 2. The van der Waals surface area contributed by atoms with E-state index in [1.807, 2.05) is 36.4 Å². The number of rotatable bonds is 25. The molecule has 4 heterocycles. The van der Waals surface area contributed by atoms with Crippen molar-refractivity contribution in [3.05, 3.63) is 103 Å². The Labute approximate surface area is 384 Å². The van der Waals surface area contributed by atoms with Gasteiger partial charge in [-0.15, -0.1) is 40.8 Å². The Morgan fingerprint density at radius 1 is 0.576 bits per heavy atom. The van der Waals surface area contributed by atoms with Gasteiger partial charge in [-0.3, -0.25) is 4.79 Å². The molecule has 8 rings (SSSR count). The lowest BCUT2D eigenvalue weighted by Crippen LogP contribution is -2.25. The lowest BCUT2D eigenvalue weighted by Gasteiger charge is -2.32. The fourth-order valence-electron chi connectivity index (χ4n) is 8.84. The van der Waals surface area contributed by atoms with E-state index in [1.54, 1.807) is 19.1 Å². The van der Waals surface area contributed by atoms with Crippen molar-refractivity contribution in [2.24, 2.45) is 0 Å². The largest absolute Gasteiger partial charge is 0.494 e. The number of unbranched alkanes of at least 4 members (excludes halogenated alkanes) is 8. The molecule has 66 heavy (non-hydrogen) atoms. The van der Waals surface area contributed by atoms with Gasteiger partial charge in [0.1, 0.15) is 11.9 Å². The maximum absolute atomic E-state index is 11.9. The number of carbonyl (C=O) groups excluding carboxylic acids is 1. The fraction of sp³-hybridized carbons (Fsp3) is 0.392. The smallest absolute Gasteiger partial charge is 0.306 e. The van der Waals surface area contributed by atoms with Crippen molar-refractivity contribution in [1.29, 1.82) is 0 Å². The van der Waals surface area contributed by atoms with Crippen molar-refractivity contribution < 1.29 is 31.9 Å². The normalized spacial score (nSPS) is 12.6. The summed E-state index contributed by atoms with van der Waals surface area (Å²) in [5.74, 6) is 2.74. The molecule has 0 saturated heterocycles. The van der Waals surface area contributed by atoms with Crippen LogP contribution in [-0.2, 0) is 14.9 Å². The van der Waals surface area contributed by atoms with Crippen molar-refractivity contribution in [3.8, 4) is 74.8 Å². The third-order valence-electron chi connectivity index (χ3n) is 12.0. The molecule has 4 aromatic heterocycles. The molecule has 0 spiro atoms. The van der Waals surface area contributed by atoms with E-state index in [9.17, 15) is 4.79 Å². The maximum Gasteiger partial charge on any atom is 0.306 e. The minimum Gasteiger partial charge on any atom is -0.494 e. The first-order valence-corrected chi connectivity index (χ1v) is 23.1. The van der Waals surface area contributed by atoms with E-state index in [0.717, 1.165) is 80.2 Å². The predicted molar refractivity (Wildman–Crippen MR) is 248 cm³/mol. The molecule has 0 N–H and O–H groups in total. The zero-order valence-corrected chi connectivity index (χ0v) is 38.0. The van der Waals surface area contributed by atoms with Crippen LogP contribution in [0.3, 0.4) is 0 Å². The monoisotopic (exact) mass is 892 g/mol. The summed E-state index contributed by atoms with van der Waals surface area (Å²) in [7, 11) is 0. The third kappa shape index (κ3) is 10.2. The number of carbonyl (C=O) groups is 1. The van der Waals surface area contributed by atoms with Crippen LogP contribution >= 0.6 is 0 Å². The molecular formula is C51H56N8O7. The molecule has 15 heteroatoms. The van der Waals surface area contributed by atoms with E-state index in [4.69, 9.17) is 27.1 Å². The Balaban J connectivity index is 0.836. The van der Waals surface area contributed by atoms with Crippen LogP contribution in [0.2, 0.25) is 0 Å². The summed E-state index contributed by atoms with van der Waals surface area (Å²) in [6.07, 6.45) is 16.9. The standard InChI is InChI=1S/C51H56N8O7/c1-6-28-51(29-7-2)41-31-35(45-54-57-48(65-45)47-56-52-33(5)62-47)22-26-39(41)40-27-23-36(32-42(40)51)46-55-59-50(66-46)49-58-53-44(64-49)34-20-24-38(25-21-34)61-30-18-16-14-12-10-11-13-15-17-19-43(60)63-37(8-3)9-4/h8-9,20-27,31-32,37H,3-4,6-7,10-19,28-30H2,1-2,5H3. The topological polar surface area (TPSA) is 191 Å². The van der Waals surface area contributed by atoms with E-state index in [-0.39, 0.29) is 34.9 Å². The lowest BCUT2D eigenvalue weighted by atomic mass is 9.71. The zero-order chi connectivity index (χ0) is 45.9. The van der Waals surface area contributed by atoms with Gasteiger partial charge in [-0.25, -0.2) is 0 Å². The van der Waals surface area contributed by atoms with Crippen LogP contribution in [0.4, 0.5) is 0 Å². The molecule has 0 fully saturated rings. The molecule has 0 aliphatic heterocycles. The maximum atomic E-state index is 11.9. The summed E-state index contributed by atoms with van der Waals surface area (Å²) in [5, 5.41) is 33.6. The van der Waals surface area contributed by atoms with Gasteiger partial charge in [-0.1, -0.05) is 96.9 Å². The molecule has 342 valence electrons. The van der Waals surface area contributed by atoms with Crippen LogP contribution in [0.1, 0.15) is 121 Å². The van der Waals surface area contributed by atoms with Crippen LogP contribution in [0.25, 0.3) is 69.1 Å². The van der Waals surface area contributed by atoms with Crippen molar-refractivity contribution in [2.45, 2.75) is 122 Å². The van der Waals surface area contributed by atoms with Crippen LogP contribution in [0, 0.1) is 6.92 Å². The Bertz CT molecular complexity index is 2720. The highest BCUT2D eigenvalue weighted by molar-refractivity contribution is 5.85. The molecule has 7 aromatic rings. The minimum atomic E-state index is -0.403. The second-order valence-corrected chi connectivity index (χ2v) is 16.7. The van der Waals surface area contributed by atoms with Gasteiger partial charge in [-0.05, 0) is 109 Å². The van der Waals surface area contributed by atoms with Gasteiger partial charge in [0.25, 0.3) is 0 Å². The Hall–Kier alpha value is -7.03. The number of hydrogen-bond donors (Lipinski definition) is 0. The quantitative estimate of drug-likeness (QED) is 0.0299. The van der Waals surface area contributed by atoms with Gasteiger partial charge in [0.05, 0.1) is 6.61 Å². The van der Waals surface area contributed by atoms with E-state index in [2.05, 4.69) is 92.1 Å². The Morgan fingerprint density at radius 3 is 1.50 bits per heavy atom. The summed E-state index contributed by atoms with van der Waals surface area (Å²) < 4.78 is 35.0. The van der Waals surface area contributed by atoms with Crippen molar-refractivity contribution in [3.63, 3.8) is 0 Å². The first-order valence-electron chi connectivity index (χ1n) is 23.1. The predicted octanol–water partition coefficient (Wildman–Crippen LogP) is 12.3. The molecule has 0 bridgehead atoms.